The quantitative estimate of drug-likeness (QED) is 0.694. The number of fused-ring (bicyclic) bond motifs is 1. The summed E-state index contributed by atoms with van der Waals surface area (Å²) in [6.07, 6.45) is 1.86. The molecule has 3 rings (SSSR count). The van der Waals surface area contributed by atoms with Crippen molar-refractivity contribution in [3.05, 3.63) is 80.7 Å². The Bertz CT molecular complexity index is 819. The number of pyridine rings is 1. The van der Waals surface area contributed by atoms with Crippen molar-refractivity contribution in [2.75, 3.05) is 0 Å². The minimum Gasteiger partial charge on any atom is -0.311 e. The van der Waals surface area contributed by atoms with Gasteiger partial charge in [0.2, 0.25) is 0 Å². The van der Waals surface area contributed by atoms with Gasteiger partial charge in [0.1, 0.15) is 0 Å². The molecule has 0 aliphatic carbocycles. The van der Waals surface area contributed by atoms with Gasteiger partial charge in [-0.2, -0.15) is 0 Å². The van der Waals surface area contributed by atoms with Crippen LogP contribution in [0, 0.1) is 6.92 Å². The van der Waals surface area contributed by atoms with Crippen LogP contribution in [-0.2, 0) is 6.54 Å². The largest absolute Gasteiger partial charge is 0.311 e. The average molecular weight is 328 g/mol. The molecule has 0 saturated carbocycles. The normalized spacial score (nSPS) is 10.9. The summed E-state index contributed by atoms with van der Waals surface area (Å²) in [4.78, 5) is 12.5. The van der Waals surface area contributed by atoms with Gasteiger partial charge in [-0.3, -0.25) is 4.79 Å². The fourth-order valence-electron chi connectivity index (χ4n) is 2.27. The summed E-state index contributed by atoms with van der Waals surface area (Å²) in [6, 6.07) is 16.0. The van der Waals surface area contributed by atoms with Crippen LogP contribution in [0.3, 0.4) is 0 Å². The molecule has 0 saturated heterocycles. The first-order valence-electron chi connectivity index (χ1n) is 6.48. The van der Waals surface area contributed by atoms with Crippen LogP contribution in [0.25, 0.3) is 10.8 Å². The number of benzene rings is 2. The zero-order valence-electron chi connectivity index (χ0n) is 11.1. The van der Waals surface area contributed by atoms with E-state index in [0.29, 0.717) is 6.54 Å². The molecule has 3 aromatic rings. The Hall–Kier alpha value is -1.87. The van der Waals surface area contributed by atoms with Crippen molar-refractivity contribution in [2.24, 2.45) is 0 Å². The highest BCUT2D eigenvalue weighted by Crippen LogP contribution is 2.16. The molecule has 0 amide bonds. The summed E-state index contributed by atoms with van der Waals surface area (Å²) >= 11 is 3.42. The van der Waals surface area contributed by atoms with E-state index < -0.39 is 0 Å². The number of hydrogen-bond donors (Lipinski definition) is 0. The second-order valence-corrected chi connectivity index (χ2v) is 5.88. The predicted octanol–water partition coefficient (Wildman–Crippen LogP) is 4.12. The van der Waals surface area contributed by atoms with Crippen molar-refractivity contribution in [1.82, 2.24) is 4.57 Å². The molecule has 0 atom stereocenters. The standard InChI is InChI=1S/C17H14BrNO/c1-12-2-4-13(5-3-12)11-19-9-8-14-6-7-15(18)10-16(14)17(19)20/h2-10H,11H2,1H3. The van der Waals surface area contributed by atoms with Crippen LogP contribution in [0.5, 0.6) is 0 Å². The summed E-state index contributed by atoms with van der Waals surface area (Å²) in [5.74, 6) is 0. The smallest absolute Gasteiger partial charge is 0.258 e. The van der Waals surface area contributed by atoms with E-state index in [2.05, 4.69) is 47.1 Å². The van der Waals surface area contributed by atoms with E-state index in [4.69, 9.17) is 0 Å². The molecule has 1 heterocycles. The lowest BCUT2D eigenvalue weighted by Crippen LogP contribution is -2.19. The molecule has 0 radical (unpaired) electrons. The van der Waals surface area contributed by atoms with Gasteiger partial charge in [0.05, 0.1) is 6.54 Å². The summed E-state index contributed by atoms with van der Waals surface area (Å²) in [7, 11) is 0. The highest BCUT2D eigenvalue weighted by atomic mass is 79.9. The molecule has 2 aromatic carbocycles. The van der Waals surface area contributed by atoms with E-state index >= 15 is 0 Å². The first-order valence-corrected chi connectivity index (χ1v) is 7.27. The van der Waals surface area contributed by atoms with E-state index in [1.165, 1.54) is 5.56 Å². The van der Waals surface area contributed by atoms with Crippen molar-refractivity contribution >= 4 is 26.7 Å². The Morgan fingerprint density at radius 2 is 1.80 bits per heavy atom. The molecule has 100 valence electrons. The first kappa shape index (κ1) is 13.1. The van der Waals surface area contributed by atoms with E-state index in [0.717, 1.165) is 20.8 Å². The van der Waals surface area contributed by atoms with Gasteiger partial charge in [-0.05, 0) is 36.1 Å². The monoisotopic (exact) mass is 327 g/mol. The van der Waals surface area contributed by atoms with Crippen molar-refractivity contribution < 1.29 is 0 Å². The van der Waals surface area contributed by atoms with E-state index in [1.807, 2.05) is 30.5 Å². The molecule has 0 unspecified atom stereocenters. The minimum atomic E-state index is 0.0457. The first-order chi connectivity index (χ1) is 9.63. The molecule has 0 aliphatic rings. The number of nitrogens with zero attached hydrogens (tertiary/aromatic N) is 1. The average Bonchev–Trinajstić information content (AvgIpc) is 2.45. The Balaban J connectivity index is 2.06. The molecule has 0 bridgehead atoms. The fourth-order valence-corrected chi connectivity index (χ4v) is 2.63. The maximum atomic E-state index is 12.5. The van der Waals surface area contributed by atoms with E-state index in [1.54, 1.807) is 4.57 Å². The van der Waals surface area contributed by atoms with Crippen molar-refractivity contribution in [3.63, 3.8) is 0 Å². The Morgan fingerprint density at radius 3 is 2.55 bits per heavy atom. The van der Waals surface area contributed by atoms with Gasteiger partial charge in [-0.25, -0.2) is 0 Å². The summed E-state index contributed by atoms with van der Waals surface area (Å²) in [6.45, 7) is 2.66. The van der Waals surface area contributed by atoms with Crippen LogP contribution in [-0.4, -0.2) is 4.57 Å². The Morgan fingerprint density at radius 1 is 1.05 bits per heavy atom. The lowest BCUT2D eigenvalue weighted by Gasteiger charge is -2.08. The predicted molar refractivity (Wildman–Crippen MR) is 86.2 cm³/mol. The summed E-state index contributed by atoms with van der Waals surface area (Å²) < 4.78 is 2.68. The zero-order valence-corrected chi connectivity index (χ0v) is 12.7. The molecule has 20 heavy (non-hydrogen) atoms. The Labute approximate surface area is 125 Å². The maximum absolute atomic E-state index is 12.5. The topological polar surface area (TPSA) is 22.0 Å². The molecule has 0 N–H and O–H groups in total. The third-order valence-electron chi connectivity index (χ3n) is 3.41. The second-order valence-electron chi connectivity index (χ2n) is 4.97. The number of halogens is 1. The van der Waals surface area contributed by atoms with Crippen LogP contribution in [0.4, 0.5) is 0 Å². The minimum absolute atomic E-state index is 0.0457. The van der Waals surface area contributed by atoms with E-state index in [-0.39, 0.29) is 5.56 Å². The van der Waals surface area contributed by atoms with Crippen LogP contribution >= 0.6 is 15.9 Å². The molecule has 0 aliphatic heterocycles. The number of aryl methyl sites for hydroxylation is 1. The highest BCUT2D eigenvalue weighted by Gasteiger charge is 2.04. The second kappa shape index (κ2) is 5.25. The molecular weight excluding hydrogens is 314 g/mol. The molecule has 2 nitrogen and oxygen atoms in total. The summed E-state index contributed by atoms with van der Waals surface area (Å²) in [5, 5.41) is 1.72. The molecule has 0 spiro atoms. The van der Waals surface area contributed by atoms with Crippen LogP contribution in [0.2, 0.25) is 0 Å². The molecule has 0 fully saturated rings. The molecule has 1 aromatic heterocycles. The zero-order chi connectivity index (χ0) is 14.1. The van der Waals surface area contributed by atoms with Crippen molar-refractivity contribution in [2.45, 2.75) is 13.5 Å². The van der Waals surface area contributed by atoms with Gasteiger partial charge in [0.15, 0.2) is 0 Å². The van der Waals surface area contributed by atoms with Crippen LogP contribution in [0.1, 0.15) is 11.1 Å². The van der Waals surface area contributed by atoms with Crippen molar-refractivity contribution in [1.29, 1.82) is 0 Å². The molecule has 3 heteroatoms. The van der Waals surface area contributed by atoms with Gasteiger partial charge in [0, 0.05) is 16.1 Å². The van der Waals surface area contributed by atoms with Crippen LogP contribution in [0.15, 0.2) is 64.0 Å². The van der Waals surface area contributed by atoms with E-state index in [9.17, 15) is 4.79 Å². The molecular formula is C17H14BrNO. The lowest BCUT2D eigenvalue weighted by atomic mass is 10.1. The fraction of sp³-hybridized carbons (Fsp3) is 0.118. The highest BCUT2D eigenvalue weighted by molar-refractivity contribution is 9.10. The van der Waals surface area contributed by atoms with Crippen molar-refractivity contribution in [3.8, 4) is 0 Å². The number of hydrogen-bond acceptors (Lipinski definition) is 1. The third-order valence-corrected chi connectivity index (χ3v) is 3.91. The Kier molecular flexibility index (Phi) is 3.45. The van der Waals surface area contributed by atoms with Gasteiger partial charge in [-0.1, -0.05) is 51.8 Å². The van der Waals surface area contributed by atoms with Gasteiger partial charge in [0.25, 0.3) is 5.56 Å². The lowest BCUT2D eigenvalue weighted by molar-refractivity contribution is 0.768. The maximum Gasteiger partial charge on any atom is 0.258 e. The van der Waals surface area contributed by atoms with Crippen LogP contribution < -0.4 is 5.56 Å². The third kappa shape index (κ3) is 2.54. The van der Waals surface area contributed by atoms with Gasteiger partial charge in [-0.15, -0.1) is 0 Å². The SMILES string of the molecule is Cc1ccc(Cn2ccc3ccc(Br)cc3c2=O)cc1. The number of rotatable bonds is 2. The number of aromatic nitrogens is 1. The van der Waals surface area contributed by atoms with Gasteiger partial charge >= 0.3 is 0 Å². The van der Waals surface area contributed by atoms with Gasteiger partial charge < -0.3 is 4.57 Å². The summed E-state index contributed by atoms with van der Waals surface area (Å²) in [5.41, 5.74) is 2.40.